The number of carbonyl (C=O) groups is 1. The predicted octanol–water partition coefficient (Wildman–Crippen LogP) is -0.0803. The Hall–Kier alpha value is -1.63. The number of ether oxygens (including phenoxy) is 1. The molecule has 21 heavy (non-hydrogen) atoms. The summed E-state index contributed by atoms with van der Waals surface area (Å²) in [6.45, 7) is 1.20. The molecule has 5 N–H and O–H groups in total. The second kappa shape index (κ2) is 6.89. The molecule has 116 valence electrons. The third-order valence-electron chi connectivity index (χ3n) is 3.74. The Morgan fingerprint density at radius 1 is 1.33 bits per heavy atom. The zero-order valence-corrected chi connectivity index (χ0v) is 11.9. The van der Waals surface area contributed by atoms with Crippen molar-refractivity contribution in [2.24, 2.45) is 5.73 Å². The van der Waals surface area contributed by atoms with Crippen LogP contribution in [0.3, 0.4) is 0 Å². The van der Waals surface area contributed by atoms with Gasteiger partial charge in [-0.25, -0.2) is 0 Å². The van der Waals surface area contributed by atoms with Gasteiger partial charge in [-0.1, -0.05) is 12.1 Å². The molecule has 1 fully saturated rings. The van der Waals surface area contributed by atoms with Gasteiger partial charge in [-0.15, -0.1) is 0 Å². The molecule has 2 rings (SSSR count). The van der Waals surface area contributed by atoms with E-state index in [-0.39, 0.29) is 18.2 Å². The Labute approximate surface area is 123 Å². The largest absolute Gasteiger partial charge is 0.508 e. The minimum Gasteiger partial charge on any atom is -0.508 e. The minimum atomic E-state index is -0.897. The van der Waals surface area contributed by atoms with E-state index in [4.69, 9.17) is 10.5 Å². The molecule has 1 amide bonds. The van der Waals surface area contributed by atoms with Gasteiger partial charge in [-0.05, 0) is 24.1 Å². The standard InChI is InChI=1S/C15H22N2O4/c16-13(9-11-1-3-12(18)4-2-11)14(19)17-10-15(20)5-7-21-8-6-15/h1-4,13,18,20H,5-10,16H2,(H,17,19)/t13-/m1/s1. The van der Waals surface area contributed by atoms with Gasteiger partial charge in [0.15, 0.2) is 0 Å². The molecule has 0 unspecified atom stereocenters. The lowest BCUT2D eigenvalue weighted by Crippen LogP contribution is -2.50. The first-order valence-corrected chi connectivity index (χ1v) is 7.10. The molecular weight excluding hydrogens is 272 g/mol. The number of aliphatic hydroxyl groups is 1. The lowest BCUT2D eigenvalue weighted by atomic mass is 9.94. The third-order valence-corrected chi connectivity index (χ3v) is 3.74. The number of amides is 1. The fourth-order valence-corrected chi connectivity index (χ4v) is 2.29. The van der Waals surface area contributed by atoms with Gasteiger partial charge in [-0.2, -0.15) is 0 Å². The Kier molecular flexibility index (Phi) is 5.17. The Balaban J connectivity index is 1.80. The zero-order chi connectivity index (χ0) is 15.3. The first-order chi connectivity index (χ1) is 9.98. The lowest BCUT2D eigenvalue weighted by molar-refractivity contribution is -0.125. The molecule has 1 aliphatic heterocycles. The highest BCUT2D eigenvalue weighted by atomic mass is 16.5. The van der Waals surface area contributed by atoms with E-state index in [1.54, 1.807) is 24.3 Å². The highest BCUT2D eigenvalue weighted by molar-refractivity contribution is 5.81. The van der Waals surface area contributed by atoms with Crippen molar-refractivity contribution in [3.63, 3.8) is 0 Å². The maximum Gasteiger partial charge on any atom is 0.237 e. The molecule has 0 saturated carbocycles. The fraction of sp³-hybridized carbons (Fsp3) is 0.533. The molecule has 1 aromatic rings. The molecule has 1 aliphatic rings. The monoisotopic (exact) mass is 294 g/mol. The van der Waals surface area contributed by atoms with Crippen molar-refractivity contribution < 1.29 is 19.7 Å². The van der Waals surface area contributed by atoms with E-state index in [1.807, 2.05) is 0 Å². The summed E-state index contributed by atoms with van der Waals surface area (Å²) in [7, 11) is 0. The van der Waals surface area contributed by atoms with E-state index in [2.05, 4.69) is 5.32 Å². The summed E-state index contributed by atoms with van der Waals surface area (Å²) < 4.78 is 5.19. The van der Waals surface area contributed by atoms with Gasteiger partial charge in [0.05, 0.1) is 11.6 Å². The summed E-state index contributed by atoms with van der Waals surface area (Å²) in [5.74, 6) is -0.110. The minimum absolute atomic E-state index is 0.179. The van der Waals surface area contributed by atoms with Crippen LogP contribution in [0.25, 0.3) is 0 Å². The number of nitrogens with two attached hydrogens (primary N) is 1. The maximum absolute atomic E-state index is 12.0. The van der Waals surface area contributed by atoms with Crippen LogP contribution >= 0.6 is 0 Å². The second-order valence-electron chi connectivity index (χ2n) is 5.53. The summed E-state index contributed by atoms with van der Waals surface area (Å²) in [6, 6.07) is 5.90. The zero-order valence-electron chi connectivity index (χ0n) is 11.9. The van der Waals surface area contributed by atoms with E-state index >= 15 is 0 Å². The fourth-order valence-electron chi connectivity index (χ4n) is 2.29. The first kappa shape index (κ1) is 15.8. The molecule has 1 atom stereocenters. The molecule has 0 aliphatic carbocycles. The topological polar surface area (TPSA) is 105 Å². The predicted molar refractivity (Wildman–Crippen MR) is 77.8 cm³/mol. The number of benzene rings is 1. The summed E-state index contributed by atoms with van der Waals surface area (Å²) >= 11 is 0. The van der Waals surface area contributed by atoms with Crippen molar-refractivity contribution in [3.8, 4) is 5.75 Å². The van der Waals surface area contributed by atoms with E-state index in [0.717, 1.165) is 5.56 Å². The molecule has 1 heterocycles. The number of hydrogen-bond donors (Lipinski definition) is 4. The van der Waals surface area contributed by atoms with Crippen molar-refractivity contribution >= 4 is 5.91 Å². The van der Waals surface area contributed by atoms with Gasteiger partial charge < -0.3 is 26.0 Å². The van der Waals surface area contributed by atoms with Gasteiger partial charge in [0, 0.05) is 32.6 Å². The SMILES string of the molecule is N[C@H](Cc1ccc(O)cc1)C(=O)NCC1(O)CCOCC1. The number of hydrogen-bond acceptors (Lipinski definition) is 5. The molecule has 0 radical (unpaired) electrons. The quantitative estimate of drug-likeness (QED) is 0.608. The van der Waals surface area contributed by atoms with Crippen LogP contribution in [-0.2, 0) is 16.0 Å². The van der Waals surface area contributed by atoms with Crippen LogP contribution < -0.4 is 11.1 Å². The van der Waals surface area contributed by atoms with Gasteiger partial charge in [0.1, 0.15) is 5.75 Å². The lowest BCUT2D eigenvalue weighted by Gasteiger charge is -2.32. The second-order valence-corrected chi connectivity index (χ2v) is 5.53. The molecule has 1 saturated heterocycles. The van der Waals surface area contributed by atoms with E-state index in [9.17, 15) is 15.0 Å². The Morgan fingerprint density at radius 2 is 1.95 bits per heavy atom. The number of nitrogens with one attached hydrogen (secondary N) is 1. The number of phenolic OH excluding ortho intramolecular Hbond substituents is 1. The van der Waals surface area contributed by atoms with Crippen LogP contribution in [0.4, 0.5) is 0 Å². The van der Waals surface area contributed by atoms with Crippen LogP contribution in [0, 0.1) is 0 Å². The summed E-state index contributed by atoms with van der Waals surface area (Å²) in [5, 5.41) is 22.2. The van der Waals surface area contributed by atoms with Gasteiger partial charge >= 0.3 is 0 Å². The van der Waals surface area contributed by atoms with Crippen LogP contribution in [0.2, 0.25) is 0 Å². The van der Waals surface area contributed by atoms with Gasteiger partial charge in [0.25, 0.3) is 0 Å². The van der Waals surface area contributed by atoms with Crippen LogP contribution in [0.1, 0.15) is 18.4 Å². The highest BCUT2D eigenvalue weighted by Gasteiger charge is 2.30. The summed E-state index contributed by atoms with van der Waals surface area (Å²) in [5.41, 5.74) is 5.84. The Morgan fingerprint density at radius 3 is 2.57 bits per heavy atom. The summed E-state index contributed by atoms with van der Waals surface area (Å²) in [4.78, 5) is 12.0. The number of carbonyl (C=O) groups excluding carboxylic acids is 1. The van der Waals surface area contributed by atoms with Crippen molar-refractivity contribution in [1.82, 2.24) is 5.32 Å². The molecule has 0 spiro atoms. The maximum atomic E-state index is 12.0. The van der Waals surface area contributed by atoms with Crippen molar-refractivity contribution in [2.75, 3.05) is 19.8 Å². The number of phenols is 1. The molecule has 1 aromatic carbocycles. The van der Waals surface area contributed by atoms with Crippen LogP contribution in [0.15, 0.2) is 24.3 Å². The number of rotatable bonds is 5. The average molecular weight is 294 g/mol. The van der Waals surface area contributed by atoms with E-state index in [1.165, 1.54) is 0 Å². The van der Waals surface area contributed by atoms with Crippen LogP contribution in [0.5, 0.6) is 5.75 Å². The van der Waals surface area contributed by atoms with E-state index < -0.39 is 11.6 Å². The highest BCUT2D eigenvalue weighted by Crippen LogP contribution is 2.19. The third kappa shape index (κ3) is 4.70. The Bertz CT molecular complexity index is 469. The number of aromatic hydroxyl groups is 1. The molecule has 6 nitrogen and oxygen atoms in total. The molecule has 0 aromatic heterocycles. The van der Waals surface area contributed by atoms with Crippen molar-refractivity contribution in [2.45, 2.75) is 30.9 Å². The molecule has 0 bridgehead atoms. The van der Waals surface area contributed by atoms with Crippen molar-refractivity contribution in [1.29, 1.82) is 0 Å². The normalized spacial score (nSPS) is 19.0. The van der Waals surface area contributed by atoms with Crippen molar-refractivity contribution in [3.05, 3.63) is 29.8 Å². The first-order valence-electron chi connectivity index (χ1n) is 7.10. The van der Waals surface area contributed by atoms with E-state index in [0.29, 0.717) is 32.5 Å². The smallest absolute Gasteiger partial charge is 0.237 e. The molecular formula is C15H22N2O4. The van der Waals surface area contributed by atoms with Crippen LogP contribution in [-0.4, -0.2) is 47.5 Å². The van der Waals surface area contributed by atoms with Gasteiger partial charge in [0.2, 0.25) is 5.91 Å². The van der Waals surface area contributed by atoms with Gasteiger partial charge in [-0.3, -0.25) is 4.79 Å². The summed E-state index contributed by atoms with van der Waals surface area (Å²) in [6.07, 6.45) is 1.41. The average Bonchev–Trinajstić information content (AvgIpc) is 2.48. The molecule has 6 heteroatoms.